The zero-order chi connectivity index (χ0) is 10.1. The average molecular weight is 195 g/mol. The number of nitrogens with zero attached hydrogens (tertiary/aromatic N) is 3. The normalized spacial score (nSPS) is 20.7. The Morgan fingerprint density at radius 1 is 1.64 bits per heavy atom. The lowest BCUT2D eigenvalue weighted by Crippen LogP contribution is -2.29. The van der Waals surface area contributed by atoms with Crippen LogP contribution < -0.4 is 11.1 Å². The third kappa shape index (κ3) is 1.48. The lowest BCUT2D eigenvalue weighted by Gasteiger charge is -2.22. The summed E-state index contributed by atoms with van der Waals surface area (Å²) in [5.41, 5.74) is 5.69. The lowest BCUT2D eigenvalue weighted by molar-refractivity contribution is 0.423. The van der Waals surface area contributed by atoms with E-state index in [1.165, 1.54) is 0 Å². The number of nitrogens with two attached hydrogens (primary N) is 1. The first-order chi connectivity index (χ1) is 6.72. The van der Waals surface area contributed by atoms with Crippen molar-refractivity contribution in [2.24, 2.45) is 5.73 Å². The Balaban J connectivity index is 2.33. The quantitative estimate of drug-likeness (QED) is 0.729. The Kier molecular flexibility index (Phi) is 2.41. The molecule has 1 atom stereocenters. The molecule has 1 aromatic rings. The van der Waals surface area contributed by atoms with E-state index in [0.717, 1.165) is 24.7 Å². The van der Waals surface area contributed by atoms with Crippen LogP contribution in [0.25, 0.3) is 0 Å². The van der Waals surface area contributed by atoms with Crippen molar-refractivity contribution in [3.63, 3.8) is 0 Å². The fraction of sp³-hybridized carbons (Fsp3) is 0.778. The maximum Gasteiger partial charge on any atom is 0.221 e. The largest absolute Gasteiger partial charge is 0.354 e. The molecule has 1 aliphatic heterocycles. The first-order valence-corrected chi connectivity index (χ1v) is 5.12. The number of nitrogens with one attached hydrogen (secondary N) is 1. The summed E-state index contributed by atoms with van der Waals surface area (Å²) in [6.07, 6.45) is 1.03. The van der Waals surface area contributed by atoms with Crippen molar-refractivity contribution in [1.82, 2.24) is 14.8 Å². The molecule has 2 heterocycles. The van der Waals surface area contributed by atoms with Crippen LogP contribution in [0.15, 0.2) is 0 Å². The van der Waals surface area contributed by atoms with Gasteiger partial charge in [-0.05, 0) is 6.42 Å². The van der Waals surface area contributed by atoms with E-state index in [4.69, 9.17) is 5.73 Å². The van der Waals surface area contributed by atoms with Gasteiger partial charge in [0.1, 0.15) is 0 Å². The summed E-state index contributed by atoms with van der Waals surface area (Å²) in [5, 5.41) is 7.70. The Morgan fingerprint density at radius 3 is 3.07 bits per heavy atom. The topological polar surface area (TPSA) is 68.8 Å². The Hall–Kier alpha value is -1.10. The molecule has 5 nitrogen and oxygen atoms in total. The maximum atomic E-state index is 5.69. The van der Waals surface area contributed by atoms with Gasteiger partial charge in [-0.3, -0.25) is 0 Å². The summed E-state index contributed by atoms with van der Waals surface area (Å²) in [6.45, 7) is 5.77. The average Bonchev–Trinajstić information content (AvgIpc) is 2.60. The van der Waals surface area contributed by atoms with Crippen LogP contribution in [-0.2, 0) is 0 Å². The van der Waals surface area contributed by atoms with Gasteiger partial charge in [-0.25, -0.2) is 4.68 Å². The minimum atomic E-state index is 0.311. The predicted octanol–water partition coefficient (Wildman–Crippen LogP) is 0.717. The molecule has 0 aromatic carbocycles. The van der Waals surface area contributed by atoms with E-state index in [9.17, 15) is 0 Å². The second-order valence-corrected chi connectivity index (χ2v) is 4.00. The van der Waals surface area contributed by atoms with Gasteiger partial charge in [-0.15, -0.1) is 0 Å². The lowest BCUT2D eigenvalue weighted by atomic mass is 10.2. The van der Waals surface area contributed by atoms with E-state index in [1.807, 2.05) is 4.68 Å². The molecule has 0 radical (unpaired) electrons. The molecular weight excluding hydrogens is 178 g/mol. The van der Waals surface area contributed by atoms with Crippen LogP contribution in [0.5, 0.6) is 0 Å². The first kappa shape index (κ1) is 9.45. The SMILES string of the molecule is CC(C)c1nc2n(n1)C(CN)CCN2. The fourth-order valence-corrected chi connectivity index (χ4v) is 1.65. The molecule has 1 unspecified atom stereocenters. The van der Waals surface area contributed by atoms with Gasteiger partial charge in [-0.1, -0.05) is 13.8 Å². The van der Waals surface area contributed by atoms with Crippen molar-refractivity contribution in [3.05, 3.63) is 5.82 Å². The van der Waals surface area contributed by atoms with E-state index in [0.29, 0.717) is 18.5 Å². The summed E-state index contributed by atoms with van der Waals surface area (Å²) in [6, 6.07) is 0.311. The van der Waals surface area contributed by atoms with Gasteiger partial charge in [0.25, 0.3) is 0 Å². The van der Waals surface area contributed by atoms with E-state index >= 15 is 0 Å². The molecular formula is C9H17N5. The van der Waals surface area contributed by atoms with Gasteiger partial charge < -0.3 is 11.1 Å². The van der Waals surface area contributed by atoms with Gasteiger partial charge >= 0.3 is 0 Å². The van der Waals surface area contributed by atoms with Crippen LogP contribution in [0.1, 0.15) is 38.1 Å². The predicted molar refractivity (Wildman–Crippen MR) is 55.3 cm³/mol. The second-order valence-electron chi connectivity index (χ2n) is 4.00. The van der Waals surface area contributed by atoms with E-state index < -0.39 is 0 Å². The molecule has 5 heteroatoms. The minimum absolute atomic E-state index is 0.311. The van der Waals surface area contributed by atoms with Crippen LogP contribution in [-0.4, -0.2) is 27.9 Å². The molecule has 1 aliphatic rings. The van der Waals surface area contributed by atoms with E-state index in [-0.39, 0.29) is 0 Å². The van der Waals surface area contributed by atoms with Crippen molar-refractivity contribution >= 4 is 5.95 Å². The monoisotopic (exact) mass is 195 g/mol. The zero-order valence-electron chi connectivity index (χ0n) is 8.70. The summed E-state index contributed by atoms with van der Waals surface area (Å²) < 4.78 is 1.93. The molecule has 0 saturated heterocycles. The smallest absolute Gasteiger partial charge is 0.221 e. The second kappa shape index (κ2) is 3.57. The highest BCUT2D eigenvalue weighted by Crippen LogP contribution is 2.22. The van der Waals surface area contributed by atoms with Gasteiger partial charge in [-0.2, -0.15) is 10.1 Å². The molecule has 0 bridgehead atoms. The minimum Gasteiger partial charge on any atom is -0.354 e. The summed E-state index contributed by atoms with van der Waals surface area (Å²) in [4.78, 5) is 4.43. The van der Waals surface area contributed by atoms with E-state index in [1.54, 1.807) is 0 Å². The van der Waals surface area contributed by atoms with Crippen LogP contribution in [0, 0.1) is 0 Å². The van der Waals surface area contributed by atoms with Crippen LogP contribution >= 0.6 is 0 Å². The fourth-order valence-electron chi connectivity index (χ4n) is 1.65. The Morgan fingerprint density at radius 2 is 2.43 bits per heavy atom. The number of anilines is 1. The molecule has 0 fully saturated rings. The number of rotatable bonds is 2. The molecule has 0 saturated carbocycles. The number of hydrogen-bond donors (Lipinski definition) is 2. The summed E-state index contributed by atoms with van der Waals surface area (Å²) in [7, 11) is 0. The highest BCUT2D eigenvalue weighted by Gasteiger charge is 2.22. The zero-order valence-corrected chi connectivity index (χ0v) is 8.70. The third-order valence-electron chi connectivity index (χ3n) is 2.54. The number of aromatic nitrogens is 3. The Bertz CT molecular complexity index is 317. The third-order valence-corrected chi connectivity index (χ3v) is 2.54. The highest BCUT2D eigenvalue weighted by molar-refractivity contribution is 5.28. The van der Waals surface area contributed by atoms with Crippen molar-refractivity contribution in [2.45, 2.75) is 32.2 Å². The standard InChI is InChI=1S/C9H17N5/c1-6(2)8-12-9-11-4-3-7(5-10)14(9)13-8/h6-7H,3-5,10H2,1-2H3,(H,11,12,13). The van der Waals surface area contributed by atoms with Crippen LogP contribution in [0.4, 0.5) is 5.95 Å². The molecule has 78 valence electrons. The van der Waals surface area contributed by atoms with Gasteiger partial charge in [0.2, 0.25) is 5.95 Å². The molecule has 14 heavy (non-hydrogen) atoms. The van der Waals surface area contributed by atoms with Gasteiger partial charge in [0.15, 0.2) is 5.82 Å². The van der Waals surface area contributed by atoms with Crippen molar-refractivity contribution < 1.29 is 0 Å². The molecule has 0 amide bonds. The molecule has 1 aromatic heterocycles. The van der Waals surface area contributed by atoms with Gasteiger partial charge in [0, 0.05) is 19.0 Å². The summed E-state index contributed by atoms with van der Waals surface area (Å²) >= 11 is 0. The van der Waals surface area contributed by atoms with E-state index in [2.05, 4.69) is 29.2 Å². The van der Waals surface area contributed by atoms with Crippen molar-refractivity contribution in [3.8, 4) is 0 Å². The molecule has 2 rings (SSSR count). The molecule has 0 spiro atoms. The van der Waals surface area contributed by atoms with Crippen molar-refractivity contribution in [2.75, 3.05) is 18.4 Å². The first-order valence-electron chi connectivity index (χ1n) is 5.12. The molecule has 3 N–H and O–H groups in total. The summed E-state index contributed by atoms with van der Waals surface area (Å²) in [5.74, 6) is 2.14. The highest BCUT2D eigenvalue weighted by atomic mass is 15.4. The molecule has 0 aliphatic carbocycles. The van der Waals surface area contributed by atoms with Crippen molar-refractivity contribution in [1.29, 1.82) is 0 Å². The van der Waals surface area contributed by atoms with Crippen LogP contribution in [0.2, 0.25) is 0 Å². The Labute approximate surface area is 83.7 Å². The number of fused-ring (bicyclic) bond motifs is 1. The number of hydrogen-bond acceptors (Lipinski definition) is 4. The van der Waals surface area contributed by atoms with Gasteiger partial charge in [0.05, 0.1) is 6.04 Å². The maximum absolute atomic E-state index is 5.69. The van der Waals surface area contributed by atoms with Crippen LogP contribution in [0.3, 0.4) is 0 Å².